The maximum Gasteiger partial charge on any atom is 0.407 e. The number of benzene rings is 3. The number of nitrogens with zero attached hydrogens (tertiary/aromatic N) is 3. The summed E-state index contributed by atoms with van der Waals surface area (Å²) in [5.41, 5.74) is 16.6. The Morgan fingerprint density at radius 2 is 1.47 bits per heavy atom. The van der Waals surface area contributed by atoms with Crippen LogP contribution in [-0.2, 0) is 25.6 Å². The Bertz CT molecular complexity index is 2140. The van der Waals surface area contributed by atoms with Gasteiger partial charge in [0.15, 0.2) is 0 Å². The van der Waals surface area contributed by atoms with Crippen LogP contribution in [0.15, 0.2) is 95.2 Å². The highest BCUT2D eigenvalue weighted by atomic mass is 16.5. The van der Waals surface area contributed by atoms with Crippen LogP contribution in [0.4, 0.5) is 10.5 Å². The summed E-state index contributed by atoms with van der Waals surface area (Å²) in [6, 6.07) is 24.0. The molecule has 296 valence electrons. The number of methoxy groups -OCH3 is 2. The van der Waals surface area contributed by atoms with Crippen molar-refractivity contribution in [2.75, 3.05) is 26.5 Å². The molecule has 11 heteroatoms. The third-order valence-electron chi connectivity index (χ3n) is 12.9. The minimum absolute atomic E-state index is 0.0268. The first-order valence-corrected chi connectivity index (χ1v) is 20.2. The Labute approximate surface area is 334 Å². The minimum Gasteiger partial charge on any atom is -0.453 e. The number of aliphatic imine (C=N–C) groups is 2. The molecule has 3 fully saturated rings. The molecule has 5 aliphatic rings. The molecule has 3 aromatic carbocycles. The maximum atomic E-state index is 13.7. The van der Waals surface area contributed by atoms with E-state index >= 15 is 0 Å². The van der Waals surface area contributed by atoms with Crippen molar-refractivity contribution in [2.45, 2.75) is 76.6 Å². The first-order chi connectivity index (χ1) is 27.7. The number of rotatable bonds is 12. The van der Waals surface area contributed by atoms with E-state index in [0.717, 1.165) is 76.9 Å². The van der Waals surface area contributed by atoms with Gasteiger partial charge in [-0.2, -0.15) is 0 Å². The van der Waals surface area contributed by atoms with E-state index in [-0.39, 0.29) is 29.7 Å². The van der Waals surface area contributed by atoms with E-state index in [1.807, 2.05) is 41.6 Å². The molecule has 8 rings (SSSR count). The van der Waals surface area contributed by atoms with Crippen LogP contribution in [0.5, 0.6) is 0 Å². The van der Waals surface area contributed by atoms with Gasteiger partial charge in [0.2, 0.25) is 11.8 Å². The molecule has 2 bridgehead atoms. The average Bonchev–Trinajstić information content (AvgIpc) is 4.10. The van der Waals surface area contributed by atoms with Crippen molar-refractivity contribution in [3.8, 4) is 11.1 Å². The Balaban J connectivity index is 0.862. The number of ether oxygens (including phenoxy) is 2. The maximum absolute atomic E-state index is 13.7. The molecule has 3 aliphatic heterocycles. The average molecular weight is 769 g/mol. The zero-order chi connectivity index (χ0) is 39.6. The fraction of sp³-hybridized carbons (Fsp3) is 0.413. The molecule has 57 heavy (non-hydrogen) atoms. The highest BCUT2D eigenvalue weighted by Gasteiger charge is 2.52. The molecule has 11 nitrogen and oxygen atoms in total. The lowest BCUT2D eigenvalue weighted by Gasteiger charge is -2.31. The van der Waals surface area contributed by atoms with E-state index in [1.165, 1.54) is 26.2 Å². The first-order valence-electron chi connectivity index (χ1n) is 20.2. The number of carbonyl (C=O) groups is 3. The van der Waals surface area contributed by atoms with Crippen LogP contribution in [0, 0.1) is 23.7 Å². The summed E-state index contributed by atoms with van der Waals surface area (Å²) in [5.74, 6) is 1.06. The van der Waals surface area contributed by atoms with Gasteiger partial charge in [0, 0.05) is 74.4 Å². The fourth-order valence-electron chi connectivity index (χ4n) is 9.82. The van der Waals surface area contributed by atoms with Crippen LogP contribution in [0.25, 0.3) is 22.3 Å². The molecule has 7 atom stereocenters. The van der Waals surface area contributed by atoms with Crippen LogP contribution >= 0.6 is 0 Å². The van der Waals surface area contributed by atoms with Gasteiger partial charge < -0.3 is 30.7 Å². The van der Waals surface area contributed by atoms with Gasteiger partial charge in [-0.3, -0.25) is 19.6 Å². The number of amides is 3. The van der Waals surface area contributed by atoms with Gasteiger partial charge in [-0.1, -0.05) is 60.7 Å². The lowest BCUT2D eigenvalue weighted by molar-refractivity contribution is -0.136. The molecule has 4 N–H and O–H groups in total. The fourth-order valence-corrected chi connectivity index (χ4v) is 9.82. The lowest BCUT2D eigenvalue weighted by Crippen LogP contribution is -2.56. The number of hydrogen-bond donors (Lipinski definition) is 3. The lowest BCUT2D eigenvalue weighted by atomic mass is 9.75. The molecule has 0 spiro atoms. The SMILES string of the molecule is COC(=O)N[C@H](C(=O)N1CCC[C@H]1C1=NC=C(c2ccc(-c3ccc(C4=CN=C(C5C6CCC(C6)[C@@H]5C(=O)NCc5cccc(N)c5)C4)cc3)cc2)C1)[C@@H](C)OC. The number of nitrogens with two attached hydrogens (primary N) is 1. The summed E-state index contributed by atoms with van der Waals surface area (Å²) in [5, 5.41) is 5.87. The van der Waals surface area contributed by atoms with Crippen LogP contribution in [-0.4, -0.2) is 73.2 Å². The molecule has 0 radical (unpaired) electrons. The summed E-state index contributed by atoms with van der Waals surface area (Å²) in [4.78, 5) is 50.9. The van der Waals surface area contributed by atoms with Crippen molar-refractivity contribution in [1.29, 1.82) is 0 Å². The highest BCUT2D eigenvalue weighted by Crippen LogP contribution is 2.54. The molecule has 0 aromatic heterocycles. The zero-order valence-corrected chi connectivity index (χ0v) is 32.9. The van der Waals surface area contributed by atoms with E-state index in [4.69, 9.17) is 25.2 Å². The van der Waals surface area contributed by atoms with Crippen molar-refractivity contribution in [2.24, 2.45) is 33.7 Å². The normalized spacial score (nSPS) is 24.7. The van der Waals surface area contributed by atoms with Crippen LogP contribution in [0.3, 0.4) is 0 Å². The Morgan fingerprint density at radius 1 is 0.842 bits per heavy atom. The van der Waals surface area contributed by atoms with Gasteiger partial charge in [-0.25, -0.2) is 4.79 Å². The van der Waals surface area contributed by atoms with Crippen LogP contribution < -0.4 is 16.4 Å². The van der Waals surface area contributed by atoms with Crippen molar-refractivity contribution in [3.63, 3.8) is 0 Å². The summed E-state index contributed by atoms with van der Waals surface area (Å²) < 4.78 is 10.2. The predicted molar refractivity (Wildman–Crippen MR) is 223 cm³/mol. The number of hydrogen-bond acceptors (Lipinski definition) is 8. The second kappa shape index (κ2) is 16.5. The zero-order valence-electron chi connectivity index (χ0n) is 32.9. The van der Waals surface area contributed by atoms with Crippen molar-refractivity contribution in [3.05, 3.63) is 102 Å². The third kappa shape index (κ3) is 7.90. The summed E-state index contributed by atoms with van der Waals surface area (Å²) in [6.07, 6.45) is 9.27. The number of carbonyl (C=O) groups excluding carboxylic acids is 3. The summed E-state index contributed by atoms with van der Waals surface area (Å²) >= 11 is 0. The Morgan fingerprint density at radius 3 is 2.12 bits per heavy atom. The molecule has 3 aromatic rings. The molecule has 2 saturated carbocycles. The second-order valence-electron chi connectivity index (χ2n) is 16.1. The van der Waals surface area contributed by atoms with Gasteiger partial charge in [0.25, 0.3) is 0 Å². The monoisotopic (exact) mass is 768 g/mol. The van der Waals surface area contributed by atoms with Crippen molar-refractivity contribution in [1.82, 2.24) is 15.5 Å². The van der Waals surface area contributed by atoms with E-state index in [1.54, 1.807) is 6.92 Å². The molecule has 3 unspecified atom stereocenters. The number of fused-ring (bicyclic) bond motifs is 2. The largest absolute Gasteiger partial charge is 0.453 e. The van der Waals surface area contributed by atoms with Gasteiger partial charge in [-0.05, 0) is 102 Å². The van der Waals surface area contributed by atoms with Gasteiger partial charge in [0.05, 0.1) is 19.3 Å². The molecular weight excluding hydrogens is 717 g/mol. The number of likely N-dealkylation sites (tertiary alicyclic amines) is 1. The summed E-state index contributed by atoms with van der Waals surface area (Å²) in [7, 11) is 2.80. The summed E-state index contributed by atoms with van der Waals surface area (Å²) in [6.45, 7) is 2.84. The van der Waals surface area contributed by atoms with E-state index < -0.39 is 18.2 Å². The standard InChI is InChI=1S/C46H52N6O5/c1-27(56-2)43(51-46(55)57-3)45(54)52-19-5-8-40(52)38-22-35(25-48-38)31-13-9-29(10-14-31)30-11-15-32(16-12-30)36-23-39(49-26-36)41-33-17-18-34(21-33)42(41)44(53)50-24-28-6-4-7-37(47)20-28/h4,6-7,9-16,20,25-27,33-34,40-43H,5,8,17-19,21-24,47H2,1-3H3,(H,50,53)(H,51,55)/t27-,33?,34?,40+,41?,42+,43+/m1/s1. The van der Waals surface area contributed by atoms with Crippen LogP contribution in [0.1, 0.15) is 68.6 Å². The molecular formula is C46H52N6O5. The van der Waals surface area contributed by atoms with Gasteiger partial charge in [-0.15, -0.1) is 0 Å². The molecule has 3 heterocycles. The van der Waals surface area contributed by atoms with Gasteiger partial charge >= 0.3 is 6.09 Å². The van der Waals surface area contributed by atoms with Crippen LogP contribution in [0.2, 0.25) is 0 Å². The number of nitrogens with one attached hydrogen (secondary N) is 2. The van der Waals surface area contributed by atoms with E-state index in [9.17, 15) is 14.4 Å². The number of anilines is 1. The quantitative estimate of drug-likeness (QED) is 0.169. The Kier molecular flexibility index (Phi) is 11.1. The number of alkyl carbamates (subject to hydrolysis) is 1. The highest BCUT2D eigenvalue weighted by molar-refractivity contribution is 6.04. The molecule has 3 amide bonds. The predicted octanol–water partition coefficient (Wildman–Crippen LogP) is 7.04. The van der Waals surface area contributed by atoms with Gasteiger partial charge in [0.1, 0.15) is 6.04 Å². The third-order valence-corrected chi connectivity index (χ3v) is 12.9. The topological polar surface area (TPSA) is 148 Å². The number of allylic oxidation sites excluding steroid dienone is 2. The second-order valence-corrected chi connectivity index (χ2v) is 16.1. The Hall–Kier alpha value is -5.55. The van der Waals surface area contributed by atoms with Crippen molar-refractivity contribution < 1.29 is 23.9 Å². The smallest absolute Gasteiger partial charge is 0.407 e. The molecule has 2 aliphatic carbocycles. The first kappa shape index (κ1) is 38.3. The minimum atomic E-state index is -0.855. The molecule has 1 saturated heterocycles. The number of nitrogen functional groups attached to an aromatic ring is 1. The van der Waals surface area contributed by atoms with Crippen molar-refractivity contribution >= 4 is 46.2 Å². The van der Waals surface area contributed by atoms with E-state index in [2.05, 4.69) is 59.2 Å². The van der Waals surface area contributed by atoms with E-state index in [0.29, 0.717) is 37.0 Å².